The van der Waals surface area contributed by atoms with Crippen LogP contribution in [-0.2, 0) is 33.2 Å². The Morgan fingerprint density at radius 3 is 2.52 bits per heavy atom. The number of nitrogens with two attached hydrogens (primary N) is 1. The van der Waals surface area contributed by atoms with Crippen LogP contribution in [0.4, 0.5) is 5.82 Å². The fourth-order valence-electron chi connectivity index (χ4n) is 3.85. The van der Waals surface area contributed by atoms with Crippen molar-refractivity contribution in [2.75, 3.05) is 25.7 Å². The van der Waals surface area contributed by atoms with Crippen LogP contribution in [-0.4, -0.2) is 74.4 Å². The number of anilines is 1. The Hall–Kier alpha value is -2.68. The Morgan fingerprint density at radius 2 is 1.88 bits per heavy atom. The summed E-state index contributed by atoms with van der Waals surface area (Å²) in [7, 11) is -2.63. The van der Waals surface area contributed by atoms with E-state index in [0.29, 0.717) is 0 Å². The predicted molar refractivity (Wildman–Crippen MR) is 113 cm³/mol. The van der Waals surface area contributed by atoms with Crippen molar-refractivity contribution in [3.63, 3.8) is 0 Å². The number of ether oxygens (including phenoxy) is 4. The second-order valence-corrected chi connectivity index (χ2v) is 9.17. The summed E-state index contributed by atoms with van der Waals surface area (Å²) in [6.45, 7) is 0.0611. The van der Waals surface area contributed by atoms with Crippen LogP contribution in [0.3, 0.4) is 0 Å². The van der Waals surface area contributed by atoms with Gasteiger partial charge >= 0.3 is 5.69 Å². The van der Waals surface area contributed by atoms with E-state index < -0.39 is 58.5 Å². The molecule has 3 heterocycles. The number of fused-ring (bicyclic) bond motifs is 1. The molecule has 2 saturated heterocycles. The topological polar surface area (TPSA) is 158 Å². The first-order valence-electron chi connectivity index (χ1n) is 9.95. The summed E-state index contributed by atoms with van der Waals surface area (Å²) >= 11 is 0. The number of ketones is 1. The lowest BCUT2D eigenvalue weighted by Gasteiger charge is -2.26. The molecule has 0 aliphatic carbocycles. The van der Waals surface area contributed by atoms with Gasteiger partial charge in [0, 0.05) is 18.9 Å². The fourth-order valence-corrected chi connectivity index (χ4v) is 4.43. The summed E-state index contributed by atoms with van der Waals surface area (Å²) in [5.74, 6) is -0.618. The summed E-state index contributed by atoms with van der Waals surface area (Å²) in [5, 5.41) is 0. The molecule has 1 aromatic carbocycles. The predicted octanol–water partition coefficient (Wildman–Crippen LogP) is -0.293. The van der Waals surface area contributed by atoms with E-state index >= 15 is 0 Å². The molecule has 0 saturated carbocycles. The largest absolute Gasteiger partial charge is 0.383 e. The lowest BCUT2D eigenvalue weighted by Crippen LogP contribution is -2.45. The van der Waals surface area contributed by atoms with Crippen LogP contribution < -0.4 is 11.4 Å². The minimum absolute atomic E-state index is 0.0146. The first-order valence-corrected chi connectivity index (χ1v) is 11.8. The summed E-state index contributed by atoms with van der Waals surface area (Å²) in [5.41, 5.74) is 5.08. The fraction of sp³-hybridized carbons (Fsp3) is 0.450. The van der Waals surface area contributed by atoms with E-state index in [-0.39, 0.29) is 18.0 Å². The van der Waals surface area contributed by atoms with Crippen LogP contribution in [0.25, 0.3) is 0 Å². The van der Waals surface area contributed by atoms with Gasteiger partial charge in [0.25, 0.3) is 10.1 Å². The number of nitrogen functional groups attached to an aromatic ring is 1. The van der Waals surface area contributed by atoms with Gasteiger partial charge in [0.1, 0.15) is 24.1 Å². The quantitative estimate of drug-likeness (QED) is 0.390. The van der Waals surface area contributed by atoms with E-state index in [9.17, 15) is 18.0 Å². The molecule has 0 radical (unpaired) electrons. The van der Waals surface area contributed by atoms with Gasteiger partial charge in [-0.15, -0.1) is 0 Å². The van der Waals surface area contributed by atoms with Gasteiger partial charge in [-0.25, -0.2) is 4.79 Å². The van der Waals surface area contributed by atoms with Gasteiger partial charge < -0.3 is 24.7 Å². The van der Waals surface area contributed by atoms with Crippen molar-refractivity contribution in [2.45, 2.75) is 36.9 Å². The van der Waals surface area contributed by atoms with Crippen LogP contribution in [0.2, 0.25) is 0 Å². The van der Waals surface area contributed by atoms with Gasteiger partial charge in [-0.2, -0.15) is 13.4 Å². The molecule has 2 fully saturated rings. The standard InChI is InChI=1S/C20H23N3O9S/c1-28-10-13-29-17-16(15(32-33(2,26)27)14(24)11-6-4-3-5-7-11)31-19(18(17)30-13)23-9-8-12(21)22-20(23)25/h3-9,13,15-19H,10H2,1-2H3,(H2,21,22,25)/t13?,15?,16-,17-,18-,19-/m1/s1. The molecule has 178 valence electrons. The van der Waals surface area contributed by atoms with Gasteiger partial charge in [-0.1, -0.05) is 30.3 Å². The molecular weight excluding hydrogens is 458 g/mol. The van der Waals surface area contributed by atoms with Crippen molar-refractivity contribution in [1.82, 2.24) is 9.55 Å². The Morgan fingerprint density at radius 1 is 1.18 bits per heavy atom. The molecule has 2 unspecified atom stereocenters. The summed E-state index contributed by atoms with van der Waals surface area (Å²) in [6, 6.07) is 9.43. The second kappa shape index (κ2) is 9.29. The molecule has 6 atom stereocenters. The molecule has 1 aromatic heterocycles. The number of rotatable bonds is 8. The highest BCUT2D eigenvalue weighted by molar-refractivity contribution is 7.86. The van der Waals surface area contributed by atoms with E-state index in [2.05, 4.69) is 4.98 Å². The minimum Gasteiger partial charge on any atom is -0.383 e. The normalized spacial score (nSPS) is 27.9. The average Bonchev–Trinajstić information content (AvgIpc) is 3.31. The summed E-state index contributed by atoms with van der Waals surface area (Å²) in [6.07, 6.45) is -4.37. The first-order chi connectivity index (χ1) is 15.7. The zero-order valence-corrected chi connectivity index (χ0v) is 18.6. The molecule has 2 aliphatic rings. The minimum atomic E-state index is -4.08. The monoisotopic (exact) mass is 481 g/mol. The third-order valence-electron chi connectivity index (χ3n) is 5.17. The number of hydrogen-bond donors (Lipinski definition) is 1. The number of carbonyl (C=O) groups is 1. The molecule has 2 N–H and O–H groups in total. The van der Waals surface area contributed by atoms with E-state index in [1.165, 1.54) is 31.5 Å². The molecule has 4 rings (SSSR count). The van der Waals surface area contributed by atoms with Gasteiger partial charge in [0.15, 0.2) is 24.4 Å². The highest BCUT2D eigenvalue weighted by Crippen LogP contribution is 2.41. The SMILES string of the molecule is COCC1O[C@@H]2[C@H](O1)[C@@H](C(OS(C)(=O)=O)C(=O)c1ccccc1)O[C@H]2n1ccc(N)nc1=O. The molecule has 2 aliphatic heterocycles. The van der Waals surface area contributed by atoms with E-state index in [1.807, 2.05) is 0 Å². The molecule has 0 spiro atoms. The molecule has 0 bridgehead atoms. The van der Waals surface area contributed by atoms with Gasteiger partial charge in [-0.3, -0.25) is 13.5 Å². The van der Waals surface area contributed by atoms with Crippen molar-refractivity contribution in [1.29, 1.82) is 0 Å². The van der Waals surface area contributed by atoms with Crippen molar-refractivity contribution in [3.8, 4) is 0 Å². The van der Waals surface area contributed by atoms with Crippen molar-refractivity contribution >= 4 is 21.7 Å². The highest BCUT2D eigenvalue weighted by Gasteiger charge is 2.58. The molecule has 2 aromatic rings. The van der Waals surface area contributed by atoms with Crippen molar-refractivity contribution in [3.05, 3.63) is 58.6 Å². The lowest BCUT2D eigenvalue weighted by atomic mass is 9.98. The number of benzene rings is 1. The maximum Gasteiger partial charge on any atom is 0.351 e. The second-order valence-electron chi connectivity index (χ2n) is 7.57. The van der Waals surface area contributed by atoms with Crippen molar-refractivity contribution in [2.24, 2.45) is 0 Å². The maximum atomic E-state index is 13.3. The maximum absolute atomic E-state index is 13.3. The number of Topliss-reactive ketones (excluding diaryl/α,β-unsaturated/α-hetero) is 1. The first kappa shape index (κ1) is 23.5. The van der Waals surface area contributed by atoms with Crippen LogP contribution in [0.1, 0.15) is 16.6 Å². The molecular formula is C20H23N3O9S. The molecule has 0 amide bonds. The summed E-state index contributed by atoms with van der Waals surface area (Å²) in [4.78, 5) is 29.4. The Balaban J connectivity index is 1.74. The Labute approximate surface area is 189 Å². The van der Waals surface area contributed by atoms with Gasteiger partial charge in [0.2, 0.25) is 0 Å². The van der Waals surface area contributed by atoms with Gasteiger partial charge in [-0.05, 0) is 6.07 Å². The Kier molecular flexibility index (Phi) is 6.61. The van der Waals surface area contributed by atoms with Crippen LogP contribution in [0, 0.1) is 0 Å². The molecule has 33 heavy (non-hydrogen) atoms. The molecule has 12 nitrogen and oxygen atoms in total. The number of hydrogen-bond acceptors (Lipinski definition) is 11. The average molecular weight is 481 g/mol. The van der Waals surface area contributed by atoms with E-state index in [4.69, 9.17) is 28.9 Å². The zero-order chi connectivity index (χ0) is 23.8. The summed E-state index contributed by atoms with van der Waals surface area (Å²) < 4.78 is 53.2. The Bertz CT molecular complexity index is 1170. The van der Waals surface area contributed by atoms with Crippen LogP contribution >= 0.6 is 0 Å². The number of methoxy groups -OCH3 is 1. The third-order valence-corrected chi connectivity index (χ3v) is 5.72. The number of aromatic nitrogens is 2. The molecule has 13 heteroatoms. The van der Waals surface area contributed by atoms with Crippen molar-refractivity contribution < 1.29 is 36.3 Å². The number of nitrogens with zero attached hydrogens (tertiary/aromatic N) is 2. The van der Waals surface area contributed by atoms with E-state index in [0.717, 1.165) is 10.8 Å². The van der Waals surface area contributed by atoms with Crippen LogP contribution in [0.15, 0.2) is 47.4 Å². The zero-order valence-electron chi connectivity index (χ0n) is 17.8. The smallest absolute Gasteiger partial charge is 0.351 e. The van der Waals surface area contributed by atoms with Crippen LogP contribution in [0.5, 0.6) is 0 Å². The lowest BCUT2D eigenvalue weighted by molar-refractivity contribution is -0.171. The number of carbonyl (C=O) groups excluding carboxylic acids is 1. The van der Waals surface area contributed by atoms with E-state index in [1.54, 1.807) is 18.2 Å². The third kappa shape index (κ3) is 4.98. The highest BCUT2D eigenvalue weighted by atomic mass is 32.2. The van der Waals surface area contributed by atoms with Gasteiger partial charge in [0.05, 0.1) is 12.9 Å².